The third kappa shape index (κ3) is 5.54. The van der Waals surface area contributed by atoms with Crippen LogP contribution in [-0.4, -0.2) is 33.7 Å². The summed E-state index contributed by atoms with van der Waals surface area (Å²) < 4.78 is 25.0. The molecule has 0 aromatic heterocycles. The maximum absolute atomic E-state index is 12.1. The lowest BCUT2D eigenvalue weighted by atomic mass is 10.1. The van der Waals surface area contributed by atoms with Crippen LogP contribution in [-0.2, 0) is 21.2 Å². The van der Waals surface area contributed by atoms with Crippen LogP contribution in [0, 0.1) is 0 Å². The van der Waals surface area contributed by atoms with E-state index in [0.717, 1.165) is 16.1 Å². The molecule has 0 unspecified atom stereocenters. The molecule has 2 aromatic rings. The summed E-state index contributed by atoms with van der Waals surface area (Å²) in [7, 11) is -3.57. The van der Waals surface area contributed by atoms with Crippen LogP contribution in [0.4, 0.5) is 5.69 Å². The smallest absolute Gasteiger partial charge is 0.240 e. The molecule has 1 amide bonds. The van der Waals surface area contributed by atoms with Gasteiger partial charge in [-0.05, 0) is 36.2 Å². The van der Waals surface area contributed by atoms with Gasteiger partial charge in [0.2, 0.25) is 15.9 Å². The number of amides is 1. The maximum atomic E-state index is 12.1. The van der Waals surface area contributed by atoms with Gasteiger partial charge in [0.05, 0.1) is 11.9 Å². The van der Waals surface area contributed by atoms with Gasteiger partial charge in [-0.15, -0.1) is 0 Å². The first-order valence-corrected chi connectivity index (χ1v) is 9.63. The van der Waals surface area contributed by atoms with Crippen LogP contribution in [0.1, 0.15) is 5.56 Å². The van der Waals surface area contributed by atoms with Gasteiger partial charge >= 0.3 is 0 Å². The van der Waals surface area contributed by atoms with E-state index in [-0.39, 0.29) is 12.5 Å². The van der Waals surface area contributed by atoms with Crippen LogP contribution in [0.15, 0.2) is 54.6 Å². The van der Waals surface area contributed by atoms with E-state index in [1.165, 1.54) is 0 Å². The zero-order chi connectivity index (χ0) is 17.6. The summed E-state index contributed by atoms with van der Waals surface area (Å²) in [4.78, 5) is 12.1. The summed E-state index contributed by atoms with van der Waals surface area (Å²) in [5.41, 5.74) is 1.51. The lowest BCUT2D eigenvalue weighted by Crippen LogP contribution is -2.40. The van der Waals surface area contributed by atoms with Gasteiger partial charge in [0.1, 0.15) is 6.54 Å². The lowest BCUT2D eigenvalue weighted by molar-refractivity contribution is -0.119. The van der Waals surface area contributed by atoms with Crippen molar-refractivity contribution in [1.29, 1.82) is 0 Å². The zero-order valence-electron chi connectivity index (χ0n) is 13.3. The number of anilines is 1. The SMILES string of the molecule is CS(=O)(=O)N(CC(=O)NCCc1ccccc1)c1ccc(Cl)cc1. The molecular weight excluding hydrogens is 348 g/mol. The fourth-order valence-electron chi connectivity index (χ4n) is 2.18. The summed E-state index contributed by atoms with van der Waals surface area (Å²) in [6, 6.07) is 16.1. The first-order valence-electron chi connectivity index (χ1n) is 7.40. The Bertz CT molecular complexity index is 777. The number of carbonyl (C=O) groups excluding carboxylic acids is 1. The molecule has 7 heteroatoms. The molecule has 0 fully saturated rings. The van der Waals surface area contributed by atoms with Crippen LogP contribution < -0.4 is 9.62 Å². The molecule has 128 valence electrons. The minimum absolute atomic E-state index is 0.269. The van der Waals surface area contributed by atoms with Crippen molar-refractivity contribution in [3.05, 3.63) is 65.2 Å². The fraction of sp³-hybridized carbons (Fsp3) is 0.235. The number of hydrogen-bond acceptors (Lipinski definition) is 3. The monoisotopic (exact) mass is 366 g/mol. The molecule has 1 N–H and O–H groups in total. The average Bonchev–Trinajstić information content (AvgIpc) is 2.54. The van der Waals surface area contributed by atoms with Crippen molar-refractivity contribution in [3.63, 3.8) is 0 Å². The fourth-order valence-corrected chi connectivity index (χ4v) is 3.17. The van der Waals surface area contributed by atoms with E-state index in [1.807, 2.05) is 30.3 Å². The Balaban J connectivity index is 1.96. The number of carbonyl (C=O) groups is 1. The molecule has 0 saturated carbocycles. The normalized spacial score (nSPS) is 11.1. The van der Waals surface area contributed by atoms with Crippen molar-refractivity contribution in [1.82, 2.24) is 5.32 Å². The highest BCUT2D eigenvalue weighted by atomic mass is 35.5. The van der Waals surface area contributed by atoms with Crippen molar-refractivity contribution >= 4 is 33.2 Å². The van der Waals surface area contributed by atoms with Crippen LogP contribution >= 0.6 is 11.6 Å². The van der Waals surface area contributed by atoms with Crippen LogP contribution in [0.3, 0.4) is 0 Å². The summed E-state index contributed by atoms with van der Waals surface area (Å²) in [5, 5.41) is 3.24. The Morgan fingerprint density at radius 2 is 1.71 bits per heavy atom. The van der Waals surface area contributed by atoms with Crippen molar-refractivity contribution in [2.45, 2.75) is 6.42 Å². The van der Waals surface area contributed by atoms with Crippen molar-refractivity contribution < 1.29 is 13.2 Å². The van der Waals surface area contributed by atoms with E-state index in [1.54, 1.807) is 24.3 Å². The van der Waals surface area contributed by atoms with Gasteiger partial charge in [-0.3, -0.25) is 9.10 Å². The van der Waals surface area contributed by atoms with E-state index in [0.29, 0.717) is 23.7 Å². The summed E-state index contributed by atoms with van der Waals surface area (Å²) in [6.45, 7) is 0.177. The summed E-state index contributed by atoms with van der Waals surface area (Å²) in [5.74, 6) is -0.355. The highest BCUT2D eigenvalue weighted by Crippen LogP contribution is 2.20. The molecule has 0 bridgehead atoms. The van der Waals surface area contributed by atoms with Gasteiger partial charge in [0, 0.05) is 11.6 Å². The van der Waals surface area contributed by atoms with E-state index < -0.39 is 10.0 Å². The number of nitrogens with zero attached hydrogens (tertiary/aromatic N) is 1. The number of sulfonamides is 1. The lowest BCUT2D eigenvalue weighted by Gasteiger charge is -2.22. The van der Waals surface area contributed by atoms with Gasteiger partial charge in [-0.2, -0.15) is 0 Å². The summed E-state index contributed by atoms with van der Waals surface area (Å²) >= 11 is 5.82. The Morgan fingerprint density at radius 1 is 1.08 bits per heavy atom. The van der Waals surface area contributed by atoms with E-state index in [9.17, 15) is 13.2 Å². The quantitative estimate of drug-likeness (QED) is 0.818. The van der Waals surface area contributed by atoms with Gasteiger partial charge in [0.25, 0.3) is 0 Å². The Labute approximate surface area is 147 Å². The van der Waals surface area contributed by atoms with Crippen LogP contribution in [0.5, 0.6) is 0 Å². The second-order valence-corrected chi connectivity index (χ2v) is 7.67. The second kappa shape index (κ2) is 8.17. The van der Waals surface area contributed by atoms with Crippen LogP contribution in [0.2, 0.25) is 5.02 Å². The maximum Gasteiger partial charge on any atom is 0.240 e. The molecule has 0 heterocycles. The van der Waals surface area contributed by atoms with Gasteiger partial charge in [-0.25, -0.2) is 8.42 Å². The summed E-state index contributed by atoms with van der Waals surface area (Å²) in [6.07, 6.45) is 1.76. The minimum atomic E-state index is -3.57. The zero-order valence-corrected chi connectivity index (χ0v) is 14.8. The number of hydrogen-bond donors (Lipinski definition) is 1. The van der Waals surface area contributed by atoms with Crippen LogP contribution in [0.25, 0.3) is 0 Å². The van der Waals surface area contributed by atoms with Gasteiger partial charge < -0.3 is 5.32 Å². The highest BCUT2D eigenvalue weighted by molar-refractivity contribution is 7.92. The molecule has 0 spiro atoms. The van der Waals surface area contributed by atoms with Gasteiger partial charge in [-0.1, -0.05) is 41.9 Å². The third-order valence-electron chi connectivity index (χ3n) is 3.38. The Hall–Kier alpha value is -2.05. The van der Waals surface area contributed by atoms with Crippen molar-refractivity contribution in [2.75, 3.05) is 23.7 Å². The molecule has 0 radical (unpaired) electrons. The topological polar surface area (TPSA) is 66.5 Å². The number of nitrogens with one attached hydrogen (secondary N) is 1. The number of halogens is 1. The standard InChI is InChI=1S/C17H19ClN2O3S/c1-24(22,23)20(16-9-7-15(18)8-10-16)13-17(21)19-12-11-14-5-3-2-4-6-14/h2-10H,11-13H2,1H3,(H,19,21). The first kappa shape index (κ1) is 18.3. The predicted molar refractivity (Wildman–Crippen MR) is 96.8 cm³/mol. The molecule has 0 aliphatic rings. The third-order valence-corrected chi connectivity index (χ3v) is 4.77. The number of rotatable bonds is 7. The van der Waals surface area contributed by atoms with E-state index in [4.69, 9.17) is 11.6 Å². The van der Waals surface area contributed by atoms with Gasteiger partial charge in [0.15, 0.2) is 0 Å². The largest absolute Gasteiger partial charge is 0.354 e. The van der Waals surface area contributed by atoms with Crippen molar-refractivity contribution in [3.8, 4) is 0 Å². The Morgan fingerprint density at radius 3 is 2.29 bits per heavy atom. The molecule has 0 saturated heterocycles. The molecule has 0 atom stereocenters. The predicted octanol–water partition coefficient (Wildman–Crippen LogP) is 2.46. The highest BCUT2D eigenvalue weighted by Gasteiger charge is 2.20. The molecule has 5 nitrogen and oxygen atoms in total. The molecule has 0 aliphatic heterocycles. The van der Waals surface area contributed by atoms with Crippen molar-refractivity contribution in [2.24, 2.45) is 0 Å². The molecule has 2 aromatic carbocycles. The van der Waals surface area contributed by atoms with E-state index >= 15 is 0 Å². The Kier molecular flexibility index (Phi) is 6.23. The molecule has 24 heavy (non-hydrogen) atoms. The minimum Gasteiger partial charge on any atom is -0.354 e. The molecular formula is C17H19ClN2O3S. The second-order valence-electron chi connectivity index (χ2n) is 5.33. The average molecular weight is 367 g/mol. The first-order chi connectivity index (χ1) is 11.4. The van der Waals surface area contributed by atoms with E-state index in [2.05, 4.69) is 5.32 Å². The number of benzene rings is 2. The molecule has 0 aliphatic carbocycles. The molecule has 2 rings (SSSR count).